The van der Waals surface area contributed by atoms with Gasteiger partial charge in [0.15, 0.2) is 6.10 Å². The van der Waals surface area contributed by atoms with Gasteiger partial charge in [-0.25, -0.2) is 4.79 Å². The summed E-state index contributed by atoms with van der Waals surface area (Å²) in [6, 6.07) is 0. The highest BCUT2D eigenvalue weighted by molar-refractivity contribution is 5.76. The predicted octanol–water partition coefficient (Wildman–Crippen LogP) is 0.460. The van der Waals surface area contributed by atoms with Crippen molar-refractivity contribution >= 4 is 5.97 Å². The number of aliphatic hydroxyl groups excluding tert-OH is 1. The minimum Gasteiger partial charge on any atom is -0.458 e. The molecule has 0 saturated carbocycles. The average molecular weight is 190 g/mol. The minimum absolute atomic E-state index is 0.649. The van der Waals surface area contributed by atoms with Crippen LogP contribution >= 0.6 is 0 Å². The van der Waals surface area contributed by atoms with Crippen molar-refractivity contribution in [2.24, 2.45) is 0 Å². The summed E-state index contributed by atoms with van der Waals surface area (Å²) in [5, 5.41) is 18.6. The maximum Gasteiger partial charge on any atom is 0.338 e. The molecule has 0 saturated heterocycles. The van der Waals surface area contributed by atoms with E-state index in [9.17, 15) is 15.0 Å². The number of hydrogen-bond acceptors (Lipinski definition) is 4. The highest BCUT2D eigenvalue weighted by Gasteiger charge is 2.34. The maximum atomic E-state index is 11.2. The Morgan fingerprint density at radius 2 is 1.62 bits per heavy atom. The topological polar surface area (TPSA) is 66.8 Å². The number of ether oxygens (including phenoxy) is 1. The van der Waals surface area contributed by atoms with E-state index in [0.717, 1.165) is 0 Å². The van der Waals surface area contributed by atoms with Gasteiger partial charge in [-0.05, 0) is 34.6 Å². The molecule has 0 aliphatic rings. The smallest absolute Gasteiger partial charge is 0.338 e. The molecule has 0 aliphatic carbocycles. The van der Waals surface area contributed by atoms with Gasteiger partial charge in [-0.1, -0.05) is 0 Å². The van der Waals surface area contributed by atoms with E-state index < -0.39 is 23.3 Å². The Labute approximate surface area is 78.5 Å². The van der Waals surface area contributed by atoms with Gasteiger partial charge in [-0.15, -0.1) is 0 Å². The van der Waals surface area contributed by atoms with Crippen molar-refractivity contribution in [2.75, 3.05) is 0 Å². The van der Waals surface area contributed by atoms with Gasteiger partial charge in [-0.3, -0.25) is 0 Å². The van der Waals surface area contributed by atoms with Gasteiger partial charge in [0.05, 0.1) is 5.60 Å². The van der Waals surface area contributed by atoms with Gasteiger partial charge in [0, 0.05) is 0 Å². The predicted molar refractivity (Wildman–Crippen MR) is 48.1 cm³/mol. The lowest BCUT2D eigenvalue weighted by Crippen LogP contribution is -2.45. The first-order valence-electron chi connectivity index (χ1n) is 4.17. The van der Waals surface area contributed by atoms with Crippen molar-refractivity contribution in [3.63, 3.8) is 0 Å². The second-order valence-electron chi connectivity index (χ2n) is 4.59. The third-order valence-electron chi connectivity index (χ3n) is 1.30. The van der Waals surface area contributed by atoms with E-state index in [2.05, 4.69) is 0 Å². The van der Waals surface area contributed by atoms with Crippen LogP contribution in [0.3, 0.4) is 0 Å². The number of carbonyl (C=O) groups excluding carboxylic acids is 1. The van der Waals surface area contributed by atoms with Gasteiger partial charge in [0.1, 0.15) is 5.60 Å². The Hall–Kier alpha value is -0.610. The lowest BCUT2D eigenvalue weighted by Gasteiger charge is -2.27. The van der Waals surface area contributed by atoms with Crippen LogP contribution in [0, 0.1) is 0 Å². The molecule has 2 N–H and O–H groups in total. The van der Waals surface area contributed by atoms with E-state index in [1.807, 2.05) is 0 Å². The molecule has 0 aromatic heterocycles. The molecule has 0 aromatic rings. The van der Waals surface area contributed by atoms with Crippen LogP contribution in [0.25, 0.3) is 0 Å². The quantitative estimate of drug-likeness (QED) is 0.621. The molecular weight excluding hydrogens is 172 g/mol. The molecular formula is C9H18O4. The van der Waals surface area contributed by atoms with E-state index in [1.165, 1.54) is 13.8 Å². The second-order valence-corrected chi connectivity index (χ2v) is 4.59. The summed E-state index contributed by atoms with van der Waals surface area (Å²) < 4.78 is 4.88. The average Bonchev–Trinajstić information content (AvgIpc) is 1.79. The van der Waals surface area contributed by atoms with E-state index in [0.29, 0.717) is 0 Å². The molecule has 0 spiro atoms. The largest absolute Gasteiger partial charge is 0.458 e. The SMILES string of the molecule is CC(C)(C)OC(=O)[C@H](O)C(C)(C)O. The number of aliphatic hydroxyl groups is 2. The van der Waals surface area contributed by atoms with Gasteiger partial charge < -0.3 is 14.9 Å². The van der Waals surface area contributed by atoms with Crippen LogP contribution in [0.2, 0.25) is 0 Å². The molecule has 0 aliphatic heterocycles. The highest BCUT2D eigenvalue weighted by Crippen LogP contribution is 2.14. The summed E-state index contributed by atoms with van der Waals surface area (Å²) in [5.41, 5.74) is -2.12. The number of esters is 1. The second kappa shape index (κ2) is 3.64. The molecule has 0 rings (SSSR count). The van der Waals surface area contributed by atoms with Crippen molar-refractivity contribution in [3.8, 4) is 0 Å². The van der Waals surface area contributed by atoms with E-state index in [1.54, 1.807) is 20.8 Å². The molecule has 4 nitrogen and oxygen atoms in total. The Morgan fingerprint density at radius 3 is 1.85 bits per heavy atom. The molecule has 0 amide bonds. The van der Waals surface area contributed by atoms with Gasteiger partial charge in [-0.2, -0.15) is 0 Å². The summed E-state index contributed by atoms with van der Waals surface area (Å²) in [6.07, 6.45) is -1.51. The van der Waals surface area contributed by atoms with Gasteiger partial charge in [0.2, 0.25) is 0 Å². The summed E-state index contributed by atoms with van der Waals surface area (Å²) in [4.78, 5) is 11.2. The fourth-order valence-corrected chi connectivity index (χ4v) is 0.646. The molecule has 78 valence electrons. The molecule has 0 radical (unpaired) electrons. The molecule has 0 aromatic carbocycles. The molecule has 0 bridgehead atoms. The zero-order valence-electron chi connectivity index (χ0n) is 8.79. The van der Waals surface area contributed by atoms with Gasteiger partial charge >= 0.3 is 5.97 Å². The Kier molecular flexibility index (Phi) is 3.47. The molecule has 13 heavy (non-hydrogen) atoms. The molecule has 0 fully saturated rings. The van der Waals surface area contributed by atoms with E-state index in [4.69, 9.17) is 4.74 Å². The molecule has 1 atom stereocenters. The van der Waals surface area contributed by atoms with Crippen LogP contribution < -0.4 is 0 Å². The summed E-state index contributed by atoms with van der Waals surface area (Å²) in [5.74, 6) is -0.806. The zero-order valence-corrected chi connectivity index (χ0v) is 8.79. The third-order valence-corrected chi connectivity index (χ3v) is 1.30. The third kappa shape index (κ3) is 4.85. The normalized spacial score (nSPS) is 15.3. The minimum atomic E-state index is -1.51. The molecule has 0 unspecified atom stereocenters. The number of carbonyl (C=O) groups is 1. The Morgan fingerprint density at radius 1 is 1.23 bits per heavy atom. The van der Waals surface area contributed by atoms with Crippen LogP contribution in [-0.2, 0) is 9.53 Å². The fourth-order valence-electron chi connectivity index (χ4n) is 0.646. The first kappa shape index (κ1) is 12.4. The number of rotatable bonds is 2. The Balaban J connectivity index is 4.30. The molecule has 0 heterocycles. The Bertz CT molecular complexity index is 185. The first-order valence-corrected chi connectivity index (χ1v) is 4.17. The van der Waals surface area contributed by atoms with Crippen LogP contribution in [-0.4, -0.2) is 33.5 Å². The monoisotopic (exact) mass is 190 g/mol. The van der Waals surface area contributed by atoms with E-state index in [-0.39, 0.29) is 0 Å². The van der Waals surface area contributed by atoms with Crippen molar-refractivity contribution in [2.45, 2.75) is 51.9 Å². The van der Waals surface area contributed by atoms with E-state index >= 15 is 0 Å². The maximum absolute atomic E-state index is 11.2. The van der Waals surface area contributed by atoms with Crippen LogP contribution in [0.15, 0.2) is 0 Å². The van der Waals surface area contributed by atoms with Crippen molar-refractivity contribution in [3.05, 3.63) is 0 Å². The standard InChI is InChI=1S/C9H18O4/c1-8(2,3)13-7(11)6(10)9(4,5)12/h6,10,12H,1-5H3/t6-/m0/s1. The van der Waals surface area contributed by atoms with Crippen LogP contribution in [0.4, 0.5) is 0 Å². The highest BCUT2D eigenvalue weighted by atomic mass is 16.6. The lowest BCUT2D eigenvalue weighted by atomic mass is 10.0. The summed E-state index contributed by atoms with van der Waals surface area (Å²) in [6.45, 7) is 7.79. The first-order chi connectivity index (χ1) is 5.54. The summed E-state index contributed by atoms with van der Waals surface area (Å²) in [7, 11) is 0. The number of hydrogen-bond donors (Lipinski definition) is 2. The fraction of sp³-hybridized carbons (Fsp3) is 0.889. The van der Waals surface area contributed by atoms with Crippen LogP contribution in [0.1, 0.15) is 34.6 Å². The van der Waals surface area contributed by atoms with Crippen LogP contribution in [0.5, 0.6) is 0 Å². The zero-order chi connectivity index (χ0) is 10.9. The van der Waals surface area contributed by atoms with Crippen molar-refractivity contribution in [1.29, 1.82) is 0 Å². The molecule has 4 heteroatoms. The van der Waals surface area contributed by atoms with Gasteiger partial charge in [0.25, 0.3) is 0 Å². The van der Waals surface area contributed by atoms with Crippen molar-refractivity contribution in [1.82, 2.24) is 0 Å². The lowest BCUT2D eigenvalue weighted by molar-refractivity contribution is -0.177. The summed E-state index contributed by atoms with van der Waals surface area (Å²) >= 11 is 0. The van der Waals surface area contributed by atoms with Crippen molar-refractivity contribution < 1.29 is 19.7 Å².